The van der Waals surface area contributed by atoms with Crippen molar-refractivity contribution >= 4 is 11.8 Å². The number of nitrogens with zero attached hydrogens (tertiary/aromatic N) is 2. The molecular formula is C14H19N3OS. The van der Waals surface area contributed by atoms with Gasteiger partial charge in [0.25, 0.3) is 0 Å². The molecule has 102 valence electrons. The maximum Gasteiger partial charge on any atom is 0.119 e. The summed E-state index contributed by atoms with van der Waals surface area (Å²) >= 11 is 1.80. The molecule has 0 saturated heterocycles. The van der Waals surface area contributed by atoms with Gasteiger partial charge in [0.05, 0.1) is 12.8 Å². The van der Waals surface area contributed by atoms with E-state index in [1.54, 1.807) is 11.8 Å². The molecule has 0 spiro atoms. The minimum absolute atomic E-state index is 0.571. The predicted octanol–water partition coefficient (Wildman–Crippen LogP) is 2.44. The van der Waals surface area contributed by atoms with E-state index in [9.17, 15) is 0 Å². The Kier molecular flexibility index (Phi) is 5.30. The number of hydrogen-bond donors (Lipinski definition) is 1. The molecule has 0 aliphatic heterocycles. The topological polar surface area (TPSA) is 53.1 Å². The van der Waals surface area contributed by atoms with Gasteiger partial charge in [-0.2, -0.15) is 5.10 Å². The SMILES string of the molecule is Cn1cc(SCCCOc2ccc(CN)cc2)cn1. The van der Waals surface area contributed by atoms with Crippen molar-refractivity contribution < 1.29 is 4.74 Å². The summed E-state index contributed by atoms with van der Waals surface area (Å²) in [7, 11) is 1.93. The Balaban J connectivity index is 1.63. The van der Waals surface area contributed by atoms with E-state index in [0.717, 1.165) is 30.1 Å². The molecule has 0 fully saturated rings. The van der Waals surface area contributed by atoms with Crippen LogP contribution in [-0.4, -0.2) is 22.1 Å². The van der Waals surface area contributed by atoms with Crippen LogP contribution in [0.2, 0.25) is 0 Å². The van der Waals surface area contributed by atoms with Crippen molar-refractivity contribution in [3.63, 3.8) is 0 Å². The maximum absolute atomic E-state index is 5.67. The fourth-order valence-corrected chi connectivity index (χ4v) is 2.48. The molecule has 0 atom stereocenters. The molecule has 0 aliphatic carbocycles. The van der Waals surface area contributed by atoms with Gasteiger partial charge in [0.1, 0.15) is 5.75 Å². The molecule has 2 rings (SSSR count). The van der Waals surface area contributed by atoms with Crippen molar-refractivity contribution in [2.75, 3.05) is 12.4 Å². The highest BCUT2D eigenvalue weighted by atomic mass is 32.2. The first-order valence-electron chi connectivity index (χ1n) is 6.31. The molecule has 0 bridgehead atoms. The van der Waals surface area contributed by atoms with Crippen LogP contribution < -0.4 is 10.5 Å². The molecule has 1 aromatic carbocycles. The molecular weight excluding hydrogens is 258 g/mol. The molecule has 0 radical (unpaired) electrons. The Bertz CT molecular complexity index is 496. The Hall–Kier alpha value is -1.46. The Morgan fingerprint density at radius 1 is 1.32 bits per heavy atom. The number of benzene rings is 1. The van der Waals surface area contributed by atoms with Gasteiger partial charge in [-0.25, -0.2) is 0 Å². The molecule has 19 heavy (non-hydrogen) atoms. The third-order valence-corrected chi connectivity index (χ3v) is 3.70. The number of hydrogen-bond acceptors (Lipinski definition) is 4. The molecule has 0 saturated carbocycles. The normalized spacial score (nSPS) is 10.6. The minimum atomic E-state index is 0.571. The van der Waals surface area contributed by atoms with Crippen LogP contribution in [0.4, 0.5) is 0 Å². The molecule has 2 aromatic rings. The second-order valence-electron chi connectivity index (χ2n) is 4.25. The largest absolute Gasteiger partial charge is 0.494 e. The summed E-state index contributed by atoms with van der Waals surface area (Å²) in [4.78, 5) is 1.20. The number of nitrogens with two attached hydrogens (primary N) is 1. The fourth-order valence-electron chi connectivity index (χ4n) is 1.63. The lowest BCUT2D eigenvalue weighted by molar-refractivity contribution is 0.318. The Morgan fingerprint density at radius 2 is 2.11 bits per heavy atom. The van der Waals surface area contributed by atoms with Gasteiger partial charge in [-0.05, 0) is 24.1 Å². The van der Waals surface area contributed by atoms with E-state index in [2.05, 4.69) is 5.10 Å². The van der Waals surface area contributed by atoms with Gasteiger partial charge in [-0.1, -0.05) is 12.1 Å². The average molecular weight is 277 g/mol. The van der Waals surface area contributed by atoms with Crippen molar-refractivity contribution in [2.24, 2.45) is 12.8 Å². The summed E-state index contributed by atoms with van der Waals surface area (Å²) in [6.45, 7) is 1.30. The third-order valence-electron chi connectivity index (χ3n) is 2.67. The first kappa shape index (κ1) is 14.0. The number of thioether (sulfide) groups is 1. The number of ether oxygens (including phenoxy) is 1. The standard InChI is InChI=1S/C14H19N3OS/c1-17-11-14(10-16-17)19-8-2-7-18-13-5-3-12(9-15)4-6-13/h3-6,10-11H,2,7-9,15H2,1H3. The number of aryl methyl sites for hydroxylation is 1. The summed E-state index contributed by atoms with van der Waals surface area (Å²) in [6.07, 6.45) is 4.92. The molecule has 0 aliphatic rings. The van der Waals surface area contributed by atoms with Gasteiger partial charge < -0.3 is 10.5 Å². The van der Waals surface area contributed by atoms with Crippen LogP contribution in [0.5, 0.6) is 5.75 Å². The van der Waals surface area contributed by atoms with Crippen LogP contribution in [0.1, 0.15) is 12.0 Å². The van der Waals surface area contributed by atoms with Crippen LogP contribution in [0.25, 0.3) is 0 Å². The number of rotatable bonds is 7. The van der Waals surface area contributed by atoms with Crippen molar-refractivity contribution in [3.05, 3.63) is 42.2 Å². The predicted molar refractivity (Wildman–Crippen MR) is 78.4 cm³/mol. The molecule has 0 unspecified atom stereocenters. The first-order valence-corrected chi connectivity index (χ1v) is 7.30. The van der Waals surface area contributed by atoms with E-state index in [1.807, 2.05) is 48.4 Å². The molecule has 4 nitrogen and oxygen atoms in total. The van der Waals surface area contributed by atoms with E-state index in [0.29, 0.717) is 6.54 Å². The van der Waals surface area contributed by atoms with E-state index < -0.39 is 0 Å². The van der Waals surface area contributed by atoms with E-state index in [1.165, 1.54) is 4.90 Å². The molecule has 0 amide bonds. The lowest BCUT2D eigenvalue weighted by atomic mass is 10.2. The first-order chi connectivity index (χ1) is 9.28. The quantitative estimate of drug-likeness (QED) is 0.624. The lowest BCUT2D eigenvalue weighted by Crippen LogP contribution is -2.00. The second kappa shape index (κ2) is 7.21. The number of aromatic nitrogens is 2. The van der Waals surface area contributed by atoms with Crippen molar-refractivity contribution in [1.29, 1.82) is 0 Å². The van der Waals surface area contributed by atoms with Gasteiger partial charge >= 0.3 is 0 Å². The average Bonchev–Trinajstić information content (AvgIpc) is 2.85. The van der Waals surface area contributed by atoms with Crippen LogP contribution >= 0.6 is 11.8 Å². The zero-order chi connectivity index (χ0) is 13.5. The fraction of sp³-hybridized carbons (Fsp3) is 0.357. The third kappa shape index (κ3) is 4.61. The lowest BCUT2D eigenvalue weighted by Gasteiger charge is -2.06. The highest BCUT2D eigenvalue weighted by molar-refractivity contribution is 7.99. The van der Waals surface area contributed by atoms with Crippen LogP contribution in [0.3, 0.4) is 0 Å². The van der Waals surface area contributed by atoms with Crippen molar-refractivity contribution in [2.45, 2.75) is 17.9 Å². The smallest absolute Gasteiger partial charge is 0.119 e. The maximum atomic E-state index is 5.67. The van der Waals surface area contributed by atoms with Crippen LogP contribution in [-0.2, 0) is 13.6 Å². The highest BCUT2D eigenvalue weighted by Gasteiger charge is 1.98. The summed E-state index contributed by atoms with van der Waals surface area (Å²) < 4.78 is 7.49. The van der Waals surface area contributed by atoms with Crippen molar-refractivity contribution in [1.82, 2.24) is 9.78 Å². The van der Waals surface area contributed by atoms with Gasteiger partial charge in [0, 0.05) is 30.4 Å². The van der Waals surface area contributed by atoms with Gasteiger partial charge in [-0.3, -0.25) is 4.68 Å². The molecule has 5 heteroatoms. The summed E-state index contributed by atoms with van der Waals surface area (Å²) in [5, 5.41) is 4.13. The minimum Gasteiger partial charge on any atom is -0.494 e. The Morgan fingerprint density at radius 3 is 2.74 bits per heavy atom. The zero-order valence-electron chi connectivity index (χ0n) is 11.1. The molecule has 1 heterocycles. The van der Waals surface area contributed by atoms with Gasteiger partial charge in [-0.15, -0.1) is 11.8 Å². The van der Waals surface area contributed by atoms with E-state index in [-0.39, 0.29) is 0 Å². The monoisotopic (exact) mass is 277 g/mol. The van der Waals surface area contributed by atoms with Gasteiger partial charge in [0.15, 0.2) is 0 Å². The zero-order valence-corrected chi connectivity index (χ0v) is 11.9. The highest BCUT2D eigenvalue weighted by Crippen LogP contribution is 2.17. The van der Waals surface area contributed by atoms with Crippen molar-refractivity contribution in [3.8, 4) is 5.75 Å². The summed E-state index contributed by atoms with van der Waals surface area (Å²) in [6, 6.07) is 7.94. The van der Waals surface area contributed by atoms with Gasteiger partial charge in [0.2, 0.25) is 0 Å². The molecule has 1 aromatic heterocycles. The van der Waals surface area contributed by atoms with Crippen LogP contribution in [0.15, 0.2) is 41.6 Å². The second-order valence-corrected chi connectivity index (χ2v) is 5.42. The summed E-state index contributed by atoms with van der Waals surface area (Å²) in [5.74, 6) is 1.94. The Labute approximate surface area is 117 Å². The van der Waals surface area contributed by atoms with Crippen LogP contribution in [0, 0.1) is 0 Å². The molecule has 2 N–H and O–H groups in total. The van der Waals surface area contributed by atoms with E-state index >= 15 is 0 Å². The van der Waals surface area contributed by atoms with E-state index in [4.69, 9.17) is 10.5 Å². The summed E-state index contributed by atoms with van der Waals surface area (Å²) in [5.41, 5.74) is 6.67.